The van der Waals surface area contributed by atoms with Gasteiger partial charge in [0.25, 0.3) is 0 Å². The fourth-order valence-corrected chi connectivity index (χ4v) is 5.22. The van der Waals surface area contributed by atoms with E-state index in [0.29, 0.717) is 10.4 Å². The van der Waals surface area contributed by atoms with Crippen molar-refractivity contribution in [1.82, 2.24) is 0 Å². The van der Waals surface area contributed by atoms with Crippen LogP contribution in [0.1, 0.15) is 31.2 Å². The zero-order valence-electron chi connectivity index (χ0n) is 14.5. The predicted molar refractivity (Wildman–Crippen MR) is 106 cm³/mol. The molecule has 0 unspecified atom stereocenters. The van der Waals surface area contributed by atoms with E-state index in [2.05, 4.69) is 11.8 Å². The fourth-order valence-electron chi connectivity index (χ4n) is 2.62. The quantitative estimate of drug-likeness (QED) is 0.673. The highest BCUT2D eigenvalue weighted by Crippen LogP contribution is 2.27. The van der Waals surface area contributed by atoms with E-state index in [9.17, 15) is 18.3 Å². The number of carbonyl (C=O) groups is 1. The van der Waals surface area contributed by atoms with Gasteiger partial charge >= 0.3 is 5.97 Å². The van der Waals surface area contributed by atoms with Gasteiger partial charge in [0.1, 0.15) is 4.88 Å². The van der Waals surface area contributed by atoms with E-state index in [0.717, 1.165) is 16.9 Å². The summed E-state index contributed by atoms with van der Waals surface area (Å²) in [7, 11) is -3.66. The number of hydrogen-bond donors (Lipinski definition) is 1. The van der Waals surface area contributed by atoms with Crippen LogP contribution in [0.5, 0.6) is 0 Å². The molecule has 0 fully saturated rings. The summed E-state index contributed by atoms with van der Waals surface area (Å²) >= 11 is 0.989. The van der Waals surface area contributed by atoms with E-state index >= 15 is 0 Å². The molecule has 0 radical (unpaired) electrons. The first kappa shape index (κ1) is 18.9. The number of thiophene rings is 1. The summed E-state index contributed by atoms with van der Waals surface area (Å²) in [6, 6.07) is 17.5. The normalized spacial score (nSPS) is 10.9. The Morgan fingerprint density at radius 2 is 1.70 bits per heavy atom. The lowest BCUT2D eigenvalue weighted by molar-refractivity contribution is 0.0701. The van der Waals surface area contributed by atoms with E-state index in [1.165, 1.54) is 6.07 Å². The molecule has 0 saturated heterocycles. The number of aromatic carboxylic acids is 1. The van der Waals surface area contributed by atoms with Crippen LogP contribution in [0.15, 0.2) is 65.6 Å². The molecule has 0 amide bonds. The molecular formula is C21H16O4S2. The van der Waals surface area contributed by atoms with Crippen molar-refractivity contribution in [2.75, 3.05) is 0 Å². The molecule has 3 aromatic rings. The Hall–Kier alpha value is -2.88. The first-order valence-electron chi connectivity index (χ1n) is 8.08. The first-order chi connectivity index (χ1) is 12.9. The van der Waals surface area contributed by atoms with Crippen LogP contribution in [0.2, 0.25) is 0 Å². The molecule has 0 aliphatic carbocycles. The smallest absolute Gasteiger partial charge is 0.346 e. The second-order valence-corrected chi connectivity index (χ2v) is 8.92. The maximum absolute atomic E-state index is 12.8. The summed E-state index contributed by atoms with van der Waals surface area (Å²) in [5, 5.41) is 9.45. The molecule has 27 heavy (non-hydrogen) atoms. The van der Waals surface area contributed by atoms with Gasteiger partial charge in [-0.1, -0.05) is 48.2 Å². The van der Waals surface area contributed by atoms with Crippen LogP contribution >= 0.6 is 11.3 Å². The van der Waals surface area contributed by atoms with Crippen LogP contribution < -0.4 is 0 Å². The Bertz CT molecular complexity index is 1150. The maximum Gasteiger partial charge on any atom is 0.346 e. The Kier molecular flexibility index (Phi) is 5.45. The highest BCUT2D eigenvalue weighted by atomic mass is 32.2. The largest absolute Gasteiger partial charge is 0.477 e. The summed E-state index contributed by atoms with van der Waals surface area (Å²) in [6.07, 6.45) is 0. The molecule has 136 valence electrons. The molecule has 6 heteroatoms. The van der Waals surface area contributed by atoms with Gasteiger partial charge in [0.05, 0.1) is 15.5 Å². The van der Waals surface area contributed by atoms with Gasteiger partial charge in [0.2, 0.25) is 0 Å². The molecule has 1 heterocycles. The van der Waals surface area contributed by atoms with E-state index in [1.807, 2.05) is 30.3 Å². The Morgan fingerprint density at radius 3 is 2.37 bits per heavy atom. The highest BCUT2D eigenvalue weighted by molar-refractivity contribution is 7.90. The van der Waals surface area contributed by atoms with Gasteiger partial charge in [-0.2, -0.15) is 0 Å². The number of benzene rings is 2. The molecule has 0 aliphatic heterocycles. The molecule has 1 aromatic heterocycles. The average molecular weight is 396 g/mol. The van der Waals surface area contributed by atoms with Gasteiger partial charge < -0.3 is 5.11 Å². The van der Waals surface area contributed by atoms with Crippen molar-refractivity contribution in [1.29, 1.82) is 0 Å². The Labute approximate surface area is 162 Å². The van der Waals surface area contributed by atoms with Gasteiger partial charge in [0, 0.05) is 5.56 Å². The number of rotatable bonds is 4. The molecule has 4 nitrogen and oxygen atoms in total. The third-order valence-corrected chi connectivity index (χ3v) is 6.78. The SMILES string of the molecule is Cc1ccccc1S(=O)(=O)Cc1cc(C#Cc2ccccc2)sc1C(=O)O. The Balaban J connectivity index is 1.96. The van der Waals surface area contributed by atoms with Crippen LogP contribution in [0, 0.1) is 18.8 Å². The zero-order chi connectivity index (χ0) is 19.4. The van der Waals surface area contributed by atoms with Crippen molar-refractivity contribution >= 4 is 27.1 Å². The molecule has 3 rings (SSSR count). The third kappa shape index (κ3) is 4.45. The second-order valence-electron chi connectivity index (χ2n) is 5.91. The second kappa shape index (κ2) is 7.78. The maximum atomic E-state index is 12.8. The van der Waals surface area contributed by atoms with E-state index in [-0.39, 0.29) is 21.1 Å². The minimum atomic E-state index is -3.66. The van der Waals surface area contributed by atoms with Crippen LogP contribution in [0.4, 0.5) is 0 Å². The van der Waals surface area contributed by atoms with Gasteiger partial charge in [-0.15, -0.1) is 11.3 Å². The number of carboxylic acid groups (broad SMARTS) is 1. The monoisotopic (exact) mass is 396 g/mol. The van der Waals surface area contributed by atoms with Crippen molar-refractivity contribution in [3.63, 3.8) is 0 Å². The highest BCUT2D eigenvalue weighted by Gasteiger charge is 2.23. The molecule has 1 N–H and O–H groups in total. The molecule has 0 saturated carbocycles. The zero-order valence-corrected chi connectivity index (χ0v) is 16.1. The van der Waals surface area contributed by atoms with Crippen molar-refractivity contribution in [2.45, 2.75) is 17.6 Å². The van der Waals surface area contributed by atoms with Crippen molar-refractivity contribution < 1.29 is 18.3 Å². The molecular weight excluding hydrogens is 380 g/mol. The van der Waals surface area contributed by atoms with Crippen LogP contribution in [-0.4, -0.2) is 19.5 Å². The minimum absolute atomic E-state index is 0.00419. The summed E-state index contributed by atoms with van der Waals surface area (Å²) in [5.74, 6) is 4.36. The molecule has 0 spiro atoms. The van der Waals surface area contributed by atoms with E-state index in [4.69, 9.17) is 0 Å². The third-order valence-electron chi connectivity index (χ3n) is 3.88. The standard InChI is InChI=1S/C21H16O4S2/c1-15-7-5-6-10-19(15)27(24,25)14-17-13-18(26-20(17)21(22)23)12-11-16-8-3-2-4-9-16/h2-10,13H,14H2,1H3,(H,22,23). The van der Waals surface area contributed by atoms with Gasteiger partial charge in [-0.3, -0.25) is 0 Å². The fraction of sp³-hybridized carbons (Fsp3) is 0.0952. The summed E-state index contributed by atoms with van der Waals surface area (Å²) in [5.41, 5.74) is 1.69. The summed E-state index contributed by atoms with van der Waals surface area (Å²) in [6.45, 7) is 1.72. The topological polar surface area (TPSA) is 71.4 Å². The van der Waals surface area contributed by atoms with Gasteiger partial charge in [-0.25, -0.2) is 13.2 Å². The lowest BCUT2D eigenvalue weighted by atomic mass is 10.2. The van der Waals surface area contributed by atoms with Gasteiger partial charge in [-0.05, 0) is 42.3 Å². The molecule has 0 bridgehead atoms. The van der Waals surface area contributed by atoms with Crippen LogP contribution in [0.25, 0.3) is 0 Å². The van der Waals surface area contributed by atoms with Gasteiger partial charge in [0.15, 0.2) is 9.84 Å². The molecule has 0 aliphatic rings. The first-order valence-corrected chi connectivity index (χ1v) is 10.5. The van der Waals surface area contributed by atoms with Crippen LogP contribution in [0.3, 0.4) is 0 Å². The van der Waals surface area contributed by atoms with Crippen molar-refractivity contribution in [2.24, 2.45) is 0 Å². The number of hydrogen-bond acceptors (Lipinski definition) is 4. The summed E-state index contributed by atoms with van der Waals surface area (Å²) < 4.78 is 25.5. The number of aryl methyl sites for hydroxylation is 1. The van der Waals surface area contributed by atoms with Crippen molar-refractivity contribution in [3.8, 4) is 11.8 Å². The lowest BCUT2D eigenvalue weighted by Crippen LogP contribution is -2.08. The predicted octanol–water partition coefficient (Wildman–Crippen LogP) is 4.13. The average Bonchev–Trinajstić information content (AvgIpc) is 3.03. The minimum Gasteiger partial charge on any atom is -0.477 e. The summed E-state index contributed by atoms with van der Waals surface area (Å²) in [4.78, 5) is 12.3. The van der Waals surface area contributed by atoms with E-state index in [1.54, 1.807) is 31.2 Å². The number of sulfone groups is 1. The molecule has 2 aromatic carbocycles. The van der Waals surface area contributed by atoms with Crippen molar-refractivity contribution in [3.05, 3.63) is 87.1 Å². The molecule has 0 atom stereocenters. The Morgan fingerprint density at radius 1 is 1.04 bits per heavy atom. The lowest BCUT2D eigenvalue weighted by Gasteiger charge is -2.07. The van der Waals surface area contributed by atoms with E-state index < -0.39 is 15.8 Å². The van der Waals surface area contributed by atoms with Crippen LogP contribution in [-0.2, 0) is 15.6 Å². The number of carboxylic acids is 1.